The van der Waals surface area contributed by atoms with Crippen LogP contribution in [0.4, 0.5) is 17.2 Å². The Morgan fingerprint density at radius 1 is 1.00 bits per heavy atom. The third kappa shape index (κ3) is 2.54. The monoisotopic (exact) mass is 268 g/mol. The lowest BCUT2D eigenvalue weighted by Gasteiger charge is -2.37. The number of pyridine rings is 1. The first-order chi connectivity index (χ1) is 9.74. The molecule has 1 fully saturated rings. The summed E-state index contributed by atoms with van der Waals surface area (Å²) in [6.07, 6.45) is 1.85. The number of hydrogen-bond donors (Lipinski definition) is 1. The molecule has 3 rings (SSSR count). The summed E-state index contributed by atoms with van der Waals surface area (Å²) in [5.41, 5.74) is 9.36. The minimum absolute atomic E-state index is 0.872. The summed E-state index contributed by atoms with van der Waals surface area (Å²) < 4.78 is 0. The van der Waals surface area contributed by atoms with Gasteiger partial charge in [0.05, 0.1) is 11.4 Å². The molecule has 1 aromatic heterocycles. The van der Waals surface area contributed by atoms with Crippen LogP contribution >= 0.6 is 0 Å². The van der Waals surface area contributed by atoms with E-state index in [4.69, 9.17) is 5.73 Å². The molecule has 1 saturated heterocycles. The fourth-order valence-corrected chi connectivity index (χ4v) is 2.68. The normalized spacial score (nSPS) is 15.4. The van der Waals surface area contributed by atoms with Gasteiger partial charge >= 0.3 is 0 Å². The van der Waals surface area contributed by atoms with Gasteiger partial charge in [-0.3, -0.25) is 0 Å². The van der Waals surface area contributed by atoms with E-state index in [0.29, 0.717) is 0 Å². The summed E-state index contributed by atoms with van der Waals surface area (Å²) in [5, 5.41) is 0. The molecule has 2 aromatic rings. The number of piperazine rings is 1. The zero-order valence-corrected chi connectivity index (χ0v) is 11.8. The van der Waals surface area contributed by atoms with Gasteiger partial charge < -0.3 is 15.5 Å². The second-order valence-corrected chi connectivity index (χ2v) is 5.22. The molecule has 0 amide bonds. The molecule has 0 unspecified atom stereocenters. The lowest BCUT2D eigenvalue weighted by molar-refractivity contribution is 0.648. The topological polar surface area (TPSA) is 45.4 Å². The van der Waals surface area contributed by atoms with Gasteiger partial charge in [0.15, 0.2) is 0 Å². The van der Waals surface area contributed by atoms with E-state index >= 15 is 0 Å². The van der Waals surface area contributed by atoms with E-state index in [1.54, 1.807) is 0 Å². The first-order valence-electron chi connectivity index (χ1n) is 7.01. The lowest BCUT2D eigenvalue weighted by atomic mass is 10.1. The molecule has 0 saturated carbocycles. The van der Waals surface area contributed by atoms with Crippen LogP contribution in [0.5, 0.6) is 0 Å². The van der Waals surface area contributed by atoms with E-state index in [-0.39, 0.29) is 0 Å². The van der Waals surface area contributed by atoms with Crippen molar-refractivity contribution in [3.63, 3.8) is 0 Å². The maximum Gasteiger partial charge on any atom is 0.128 e. The Labute approximate surface area is 119 Å². The molecule has 0 spiro atoms. The smallest absolute Gasteiger partial charge is 0.128 e. The van der Waals surface area contributed by atoms with Crippen LogP contribution in [0.25, 0.3) is 0 Å². The SMILES string of the molecule is Cc1ccc(N2CCN(c3ccccn3)CC2)c(N)c1. The Morgan fingerprint density at radius 2 is 1.75 bits per heavy atom. The highest BCUT2D eigenvalue weighted by Gasteiger charge is 2.19. The van der Waals surface area contributed by atoms with Crippen LogP contribution in [0.1, 0.15) is 5.56 Å². The van der Waals surface area contributed by atoms with E-state index in [0.717, 1.165) is 43.4 Å². The van der Waals surface area contributed by atoms with Crippen LogP contribution in [0, 0.1) is 6.92 Å². The summed E-state index contributed by atoms with van der Waals surface area (Å²) >= 11 is 0. The molecule has 1 aliphatic heterocycles. The van der Waals surface area contributed by atoms with Crippen molar-refractivity contribution in [2.45, 2.75) is 6.92 Å². The molecule has 0 atom stereocenters. The molecule has 0 bridgehead atoms. The number of anilines is 3. The third-order valence-corrected chi connectivity index (χ3v) is 3.78. The Hall–Kier alpha value is -2.23. The van der Waals surface area contributed by atoms with Gasteiger partial charge in [-0.05, 0) is 36.8 Å². The number of aryl methyl sites for hydroxylation is 1. The van der Waals surface area contributed by atoms with E-state index in [9.17, 15) is 0 Å². The largest absolute Gasteiger partial charge is 0.397 e. The third-order valence-electron chi connectivity index (χ3n) is 3.78. The van der Waals surface area contributed by atoms with Crippen molar-refractivity contribution < 1.29 is 0 Å². The standard InChI is InChI=1S/C16H20N4/c1-13-5-6-15(14(17)12-13)19-8-10-20(11-9-19)16-4-2-3-7-18-16/h2-7,12H,8-11,17H2,1H3. The zero-order valence-electron chi connectivity index (χ0n) is 11.8. The van der Waals surface area contributed by atoms with Gasteiger partial charge in [-0.15, -0.1) is 0 Å². The molecule has 2 heterocycles. The molecule has 0 aliphatic carbocycles. The van der Waals surface area contributed by atoms with Crippen molar-refractivity contribution in [3.8, 4) is 0 Å². The Bertz CT molecular complexity index is 574. The molecule has 0 radical (unpaired) electrons. The number of benzene rings is 1. The summed E-state index contributed by atoms with van der Waals surface area (Å²) in [6, 6.07) is 12.3. The quantitative estimate of drug-likeness (QED) is 0.849. The van der Waals surface area contributed by atoms with Crippen LogP contribution in [0.2, 0.25) is 0 Å². The van der Waals surface area contributed by atoms with Crippen LogP contribution < -0.4 is 15.5 Å². The molecular weight excluding hydrogens is 248 g/mol. The Morgan fingerprint density at radius 3 is 2.40 bits per heavy atom. The first-order valence-corrected chi connectivity index (χ1v) is 7.01. The van der Waals surface area contributed by atoms with E-state index < -0.39 is 0 Å². The van der Waals surface area contributed by atoms with Crippen molar-refractivity contribution in [2.24, 2.45) is 0 Å². The van der Waals surface area contributed by atoms with Gasteiger partial charge in [-0.1, -0.05) is 12.1 Å². The molecule has 2 N–H and O–H groups in total. The van der Waals surface area contributed by atoms with Crippen LogP contribution in [0.15, 0.2) is 42.6 Å². The number of hydrogen-bond acceptors (Lipinski definition) is 4. The second-order valence-electron chi connectivity index (χ2n) is 5.22. The highest BCUT2D eigenvalue weighted by molar-refractivity contribution is 5.69. The van der Waals surface area contributed by atoms with Gasteiger partial charge in [0.25, 0.3) is 0 Å². The highest BCUT2D eigenvalue weighted by Crippen LogP contribution is 2.26. The molecule has 4 nitrogen and oxygen atoms in total. The van der Waals surface area contributed by atoms with Crippen molar-refractivity contribution in [1.29, 1.82) is 0 Å². The van der Waals surface area contributed by atoms with Gasteiger partial charge in [-0.25, -0.2) is 4.98 Å². The summed E-state index contributed by atoms with van der Waals surface area (Å²) in [6.45, 7) is 5.97. The Kier molecular flexibility index (Phi) is 3.46. The van der Waals surface area contributed by atoms with E-state index in [1.165, 1.54) is 5.56 Å². The highest BCUT2D eigenvalue weighted by atomic mass is 15.3. The molecular formula is C16H20N4. The molecule has 1 aromatic carbocycles. The lowest BCUT2D eigenvalue weighted by Crippen LogP contribution is -2.47. The zero-order chi connectivity index (χ0) is 13.9. The number of nitrogens with zero attached hydrogens (tertiary/aromatic N) is 3. The van der Waals surface area contributed by atoms with Crippen LogP contribution in [-0.2, 0) is 0 Å². The molecule has 1 aliphatic rings. The van der Waals surface area contributed by atoms with Crippen molar-refractivity contribution in [2.75, 3.05) is 41.7 Å². The number of nitrogen functional groups attached to an aromatic ring is 1. The summed E-state index contributed by atoms with van der Waals surface area (Å²) in [4.78, 5) is 9.09. The molecule has 20 heavy (non-hydrogen) atoms. The molecule has 4 heteroatoms. The average Bonchev–Trinajstić information content (AvgIpc) is 2.48. The Balaban J connectivity index is 1.69. The molecule has 104 valence electrons. The fourth-order valence-electron chi connectivity index (χ4n) is 2.68. The number of nitrogens with two attached hydrogens (primary N) is 1. The van der Waals surface area contributed by atoms with Gasteiger partial charge in [0, 0.05) is 32.4 Å². The van der Waals surface area contributed by atoms with Gasteiger partial charge in [0.1, 0.15) is 5.82 Å². The van der Waals surface area contributed by atoms with Gasteiger partial charge in [0.2, 0.25) is 0 Å². The predicted octanol–water partition coefficient (Wildman–Crippen LogP) is 2.30. The van der Waals surface area contributed by atoms with Crippen LogP contribution in [0.3, 0.4) is 0 Å². The van der Waals surface area contributed by atoms with E-state index in [1.807, 2.05) is 24.4 Å². The number of rotatable bonds is 2. The van der Waals surface area contributed by atoms with Gasteiger partial charge in [-0.2, -0.15) is 0 Å². The maximum absolute atomic E-state index is 6.13. The summed E-state index contributed by atoms with van der Waals surface area (Å²) in [7, 11) is 0. The summed E-state index contributed by atoms with van der Waals surface area (Å²) in [5.74, 6) is 1.06. The van der Waals surface area contributed by atoms with Crippen molar-refractivity contribution >= 4 is 17.2 Å². The number of aromatic nitrogens is 1. The van der Waals surface area contributed by atoms with Crippen LogP contribution in [-0.4, -0.2) is 31.2 Å². The van der Waals surface area contributed by atoms with Crippen molar-refractivity contribution in [1.82, 2.24) is 4.98 Å². The average molecular weight is 268 g/mol. The minimum Gasteiger partial charge on any atom is -0.397 e. The van der Waals surface area contributed by atoms with E-state index in [2.05, 4.69) is 39.9 Å². The van der Waals surface area contributed by atoms with Crippen molar-refractivity contribution in [3.05, 3.63) is 48.2 Å². The predicted molar refractivity (Wildman–Crippen MR) is 84.3 cm³/mol. The first kappa shape index (κ1) is 12.8. The minimum atomic E-state index is 0.872. The second kappa shape index (κ2) is 5.41. The maximum atomic E-state index is 6.13. The fraction of sp³-hybridized carbons (Fsp3) is 0.312.